The number of hydrogen-bond acceptors (Lipinski definition) is 4. The number of carbonyl (C=O) groups excluding carboxylic acids is 2. The van der Waals surface area contributed by atoms with Crippen LogP contribution in [-0.2, 0) is 19.1 Å². The van der Waals surface area contributed by atoms with Gasteiger partial charge in [0.05, 0.1) is 18.3 Å². The zero-order chi connectivity index (χ0) is 28.5. The number of ketones is 1. The summed E-state index contributed by atoms with van der Waals surface area (Å²) in [6.45, 7) is 17.2. The van der Waals surface area contributed by atoms with E-state index in [1.807, 2.05) is 0 Å². The zero-order valence-electron chi connectivity index (χ0n) is 25.0. The molecule has 4 unspecified atom stereocenters. The molecule has 6 atom stereocenters. The number of carbonyl (C=O) groups is 2. The summed E-state index contributed by atoms with van der Waals surface area (Å²) in [6, 6.07) is 0. The van der Waals surface area contributed by atoms with Crippen molar-refractivity contribution in [3.05, 3.63) is 53.8 Å². The Morgan fingerprint density at radius 2 is 1.89 bits per heavy atom. The topological polar surface area (TPSA) is 64.6 Å². The summed E-state index contributed by atoms with van der Waals surface area (Å²) in [7, 11) is 1.75. The van der Waals surface area contributed by atoms with Gasteiger partial charge >= 0.3 is 0 Å². The second-order valence-corrected chi connectivity index (χ2v) is 11.3. The van der Waals surface area contributed by atoms with Crippen LogP contribution in [-0.4, -0.2) is 44.2 Å². The van der Waals surface area contributed by atoms with Gasteiger partial charge in [-0.2, -0.15) is 0 Å². The molecule has 0 saturated carbocycles. The number of hydrogen-bond donors (Lipinski definition) is 1. The fourth-order valence-corrected chi connectivity index (χ4v) is 5.36. The molecule has 1 saturated heterocycles. The summed E-state index contributed by atoms with van der Waals surface area (Å²) in [5.41, 5.74) is 5.13. The van der Waals surface area contributed by atoms with Crippen molar-refractivity contribution >= 4 is 12.2 Å². The van der Waals surface area contributed by atoms with Gasteiger partial charge in [0, 0.05) is 31.6 Å². The Bertz CT molecular complexity index is 849. The molecule has 1 aliphatic heterocycles. The lowest BCUT2D eigenvalue weighted by Crippen LogP contribution is -2.39. The summed E-state index contributed by atoms with van der Waals surface area (Å²) in [5.74, 6) is 1.43. The molecule has 214 valence electrons. The van der Waals surface area contributed by atoms with Crippen LogP contribution in [0.25, 0.3) is 0 Å². The van der Waals surface area contributed by atoms with Gasteiger partial charge in [0.2, 0.25) is 6.41 Å². The van der Waals surface area contributed by atoms with Gasteiger partial charge in [-0.3, -0.25) is 9.59 Å². The second-order valence-electron chi connectivity index (χ2n) is 11.3. The molecule has 38 heavy (non-hydrogen) atoms. The highest BCUT2D eigenvalue weighted by atomic mass is 16.5. The van der Waals surface area contributed by atoms with Crippen LogP contribution < -0.4 is 5.32 Å². The number of unbranched alkanes of at least 4 members (excludes halogenated alkanes) is 1. The maximum Gasteiger partial charge on any atom is 0.207 e. The molecule has 0 bridgehead atoms. The molecule has 0 aliphatic carbocycles. The second kappa shape index (κ2) is 19.0. The van der Waals surface area contributed by atoms with Crippen molar-refractivity contribution in [3.63, 3.8) is 0 Å². The van der Waals surface area contributed by atoms with Crippen LogP contribution in [0.5, 0.6) is 0 Å². The first kappa shape index (κ1) is 33.8. The van der Waals surface area contributed by atoms with E-state index in [4.69, 9.17) is 9.47 Å². The highest BCUT2D eigenvalue weighted by Crippen LogP contribution is 2.36. The lowest BCUT2D eigenvalue weighted by Gasteiger charge is -2.38. The van der Waals surface area contributed by atoms with Gasteiger partial charge in [-0.1, -0.05) is 71.1 Å². The van der Waals surface area contributed by atoms with Crippen molar-refractivity contribution in [1.82, 2.24) is 5.32 Å². The highest BCUT2D eigenvalue weighted by molar-refractivity contribution is 5.81. The quantitative estimate of drug-likeness (QED) is 0.0890. The third-order valence-electron chi connectivity index (χ3n) is 7.46. The Hall–Kier alpha value is -2.20. The van der Waals surface area contributed by atoms with Crippen molar-refractivity contribution < 1.29 is 19.1 Å². The lowest BCUT2D eigenvalue weighted by molar-refractivity contribution is -0.122. The van der Waals surface area contributed by atoms with E-state index in [0.29, 0.717) is 37.1 Å². The Morgan fingerprint density at radius 1 is 1.16 bits per heavy atom. The largest absolute Gasteiger partial charge is 0.377 e. The fourth-order valence-electron chi connectivity index (χ4n) is 5.36. The Morgan fingerprint density at radius 3 is 2.50 bits per heavy atom. The number of amides is 1. The summed E-state index contributed by atoms with van der Waals surface area (Å²) in [4.78, 5) is 23.1. The van der Waals surface area contributed by atoms with Gasteiger partial charge in [0.15, 0.2) is 0 Å². The van der Waals surface area contributed by atoms with Gasteiger partial charge in [-0.15, -0.1) is 5.73 Å². The zero-order valence-corrected chi connectivity index (χ0v) is 25.0. The Kier molecular flexibility index (Phi) is 16.9. The number of nitrogens with one attached hydrogen (secondary N) is 1. The number of ether oxygens (including phenoxy) is 2. The Labute approximate surface area is 232 Å². The molecule has 0 spiro atoms. The summed E-state index contributed by atoms with van der Waals surface area (Å²) >= 11 is 0. The molecule has 0 aromatic rings. The molecule has 5 nitrogen and oxygen atoms in total. The number of Topliss-reactive ketones (excluding diaryl/α,β-unsaturated/α-hetero) is 1. The van der Waals surface area contributed by atoms with E-state index in [9.17, 15) is 9.59 Å². The molecule has 0 radical (unpaired) electrons. The first-order chi connectivity index (χ1) is 18.1. The fraction of sp³-hybridized carbons (Fsp3) is 0.667. The maximum absolute atomic E-state index is 12.6. The van der Waals surface area contributed by atoms with Gasteiger partial charge in [-0.05, 0) is 69.3 Å². The van der Waals surface area contributed by atoms with Crippen molar-refractivity contribution in [2.45, 2.75) is 105 Å². The van der Waals surface area contributed by atoms with Gasteiger partial charge in [0.25, 0.3) is 0 Å². The van der Waals surface area contributed by atoms with Gasteiger partial charge < -0.3 is 14.8 Å². The molecule has 1 heterocycles. The van der Waals surface area contributed by atoms with E-state index >= 15 is 0 Å². The molecule has 0 aromatic carbocycles. The number of rotatable bonds is 18. The minimum Gasteiger partial charge on any atom is -0.377 e. The van der Waals surface area contributed by atoms with Crippen molar-refractivity contribution in [2.24, 2.45) is 23.7 Å². The molecular weight excluding hydrogens is 474 g/mol. The number of methoxy groups -OCH3 is 1. The first-order valence-corrected chi connectivity index (χ1v) is 14.4. The van der Waals surface area contributed by atoms with Crippen molar-refractivity contribution in [2.75, 3.05) is 13.7 Å². The molecule has 1 amide bonds. The normalized spacial score (nSPS) is 22.8. The van der Waals surface area contributed by atoms with Gasteiger partial charge in [-0.25, -0.2) is 0 Å². The summed E-state index contributed by atoms with van der Waals surface area (Å²) in [5, 5.41) is 2.68. The minimum atomic E-state index is -0.253. The van der Waals surface area contributed by atoms with Gasteiger partial charge in [0.1, 0.15) is 5.78 Å². The van der Waals surface area contributed by atoms with Crippen LogP contribution in [0.1, 0.15) is 86.5 Å². The number of allylic oxidation sites excluding steroid dienone is 5. The molecular formula is C33H53NO4. The van der Waals surface area contributed by atoms with Crippen molar-refractivity contribution in [1.29, 1.82) is 0 Å². The van der Waals surface area contributed by atoms with E-state index in [-0.39, 0.29) is 30.0 Å². The Balaban J connectivity index is 2.83. The SMILES string of the molecule is C=C=C(C(CCCCNC=O)C(C)=O)C1O[C@H](CC(OC)/C(C)=C/C=C/C=C/C(C)CC(C)C)CC[C@H]1C. The van der Waals surface area contributed by atoms with E-state index in [2.05, 4.69) is 82.6 Å². The molecule has 1 rings (SSSR count). The standard InChI is InChI=1S/C33H53NO4/c1-9-30(31(28(7)36)17-13-14-20-34-23-35)33-27(6)18-19-29(38-33)22-32(37-8)26(5)16-12-10-11-15-25(4)21-24(2)3/h10-12,15-16,23-25,27,29,31-33H,1,13-14,17-22H2,2-8H3,(H,34,35)/b12-10+,15-11+,26-16+/t25?,27-,29+,31?,32?,33?/m1/s1. The van der Waals surface area contributed by atoms with Crippen LogP contribution in [0.4, 0.5) is 0 Å². The first-order valence-electron chi connectivity index (χ1n) is 14.4. The average Bonchev–Trinajstić information content (AvgIpc) is 2.86. The summed E-state index contributed by atoms with van der Waals surface area (Å²) in [6.07, 6.45) is 17.5. The predicted molar refractivity (Wildman–Crippen MR) is 158 cm³/mol. The molecule has 1 N–H and O–H groups in total. The maximum atomic E-state index is 12.6. The molecule has 0 aromatic heterocycles. The predicted octanol–water partition coefficient (Wildman–Crippen LogP) is 7.15. The van der Waals surface area contributed by atoms with Crippen LogP contribution in [0.15, 0.2) is 53.8 Å². The summed E-state index contributed by atoms with van der Waals surface area (Å²) < 4.78 is 12.5. The highest BCUT2D eigenvalue weighted by Gasteiger charge is 2.36. The van der Waals surface area contributed by atoms with Crippen LogP contribution in [0, 0.1) is 23.7 Å². The van der Waals surface area contributed by atoms with Crippen molar-refractivity contribution in [3.8, 4) is 0 Å². The van der Waals surface area contributed by atoms with E-state index in [1.165, 1.54) is 6.42 Å². The van der Waals surface area contributed by atoms with E-state index in [0.717, 1.165) is 43.3 Å². The third kappa shape index (κ3) is 12.6. The smallest absolute Gasteiger partial charge is 0.207 e. The monoisotopic (exact) mass is 527 g/mol. The van der Waals surface area contributed by atoms with Crippen LogP contribution in [0.3, 0.4) is 0 Å². The van der Waals surface area contributed by atoms with Crippen LogP contribution >= 0.6 is 0 Å². The average molecular weight is 528 g/mol. The third-order valence-corrected chi connectivity index (χ3v) is 7.46. The van der Waals surface area contributed by atoms with Crippen LogP contribution in [0.2, 0.25) is 0 Å². The molecule has 1 fully saturated rings. The molecule has 5 heteroatoms. The minimum absolute atomic E-state index is 0.0346. The van der Waals surface area contributed by atoms with E-state index in [1.54, 1.807) is 14.0 Å². The lowest BCUT2D eigenvalue weighted by atomic mass is 9.80. The van der Waals surface area contributed by atoms with E-state index < -0.39 is 0 Å². The molecule has 1 aliphatic rings.